The Labute approximate surface area is 110 Å². The fourth-order valence-electron chi connectivity index (χ4n) is 2.03. The Bertz CT molecular complexity index is 339. The van der Waals surface area contributed by atoms with E-state index >= 15 is 0 Å². The summed E-state index contributed by atoms with van der Waals surface area (Å²) in [7, 11) is 1.69. The number of benzene rings is 1. The molecule has 0 fully saturated rings. The molecule has 0 aromatic heterocycles. The second kappa shape index (κ2) is 8.11. The summed E-state index contributed by atoms with van der Waals surface area (Å²) in [6.45, 7) is 8.73. The van der Waals surface area contributed by atoms with Crippen molar-refractivity contribution in [2.24, 2.45) is 5.92 Å². The maximum absolute atomic E-state index is 5.79. The molecule has 0 radical (unpaired) electrons. The van der Waals surface area contributed by atoms with Crippen molar-refractivity contribution in [1.82, 2.24) is 5.32 Å². The van der Waals surface area contributed by atoms with Crippen LogP contribution in [0.25, 0.3) is 0 Å². The van der Waals surface area contributed by atoms with E-state index in [0.717, 1.165) is 12.3 Å². The average Bonchev–Trinajstić information content (AvgIpc) is 2.37. The lowest BCUT2D eigenvalue weighted by atomic mass is 9.95. The quantitative estimate of drug-likeness (QED) is 0.720. The van der Waals surface area contributed by atoms with E-state index in [1.165, 1.54) is 5.56 Å². The summed E-state index contributed by atoms with van der Waals surface area (Å²) in [5, 5.41) is 3.52. The molecule has 102 valence electrons. The summed E-state index contributed by atoms with van der Waals surface area (Å²) in [5.41, 5.74) is 1.23. The molecule has 1 N–H and O–H groups in total. The maximum atomic E-state index is 5.79. The lowest BCUT2D eigenvalue weighted by Gasteiger charge is -2.24. The molecule has 18 heavy (non-hydrogen) atoms. The highest BCUT2D eigenvalue weighted by Crippen LogP contribution is 2.29. The Kier molecular flexibility index (Phi) is 6.76. The van der Waals surface area contributed by atoms with Crippen molar-refractivity contribution in [3.05, 3.63) is 29.8 Å². The Hall–Kier alpha value is -1.06. The predicted octanol–water partition coefficient (Wildman–Crippen LogP) is 3.02. The molecule has 1 aromatic carbocycles. The Balaban J connectivity index is 2.84. The number of methoxy groups -OCH3 is 1. The van der Waals surface area contributed by atoms with Crippen LogP contribution >= 0.6 is 0 Å². The summed E-state index contributed by atoms with van der Waals surface area (Å²) < 4.78 is 10.8. The first kappa shape index (κ1) is 15.0. The van der Waals surface area contributed by atoms with Gasteiger partial charge in [0, 0.05) is 18.7 Å². The van der Waals surface area contributed by atoms with Crippen LogP contribution in [-0.2, 0) is 4.74 Å². The van der Waals surface area contributed by atoms with Crippen LogP contribution in [0.15, 0.2) is 24.3 Å². The van der Waals surface area contributed by atoms with Crippen LogP contribution in [0.1, 0.15) is 32.4 Å². The molecule has 3 heteroatoms. The average molecular weight is 251 g/mol. The fourth-order valence-corrected chi connectivity index (χ4v) is 2.03. The van der Waals surface area contributed by atoms with Gasteiger partial charge >= 0.3 is 0 Å². The first-order chi connectivity index (χ1) is 8.70. The van der Waals surface area contributed by atoms with Crippen LogP contribution in [0.3, 0.4) is 0 Å². The molecule has 0 saturated heterocycles. The number of hydrogen-bond donors (Lipinski definition) is 1. The molecule has 0 bridgehead atoms. The smallest absolute Gasteiger partial charge is 0.124 e. The normalized spacial score (nSPS) is 12.7. The zero-order valence-corrected chi connectivity index (χ0v) is 11.9. The third kappa shape index (κ3) is 4.31. The molecule has 0 amide bonds. The topological polar surface area (TPSA) is 30.5 Å². The monoisotopic (exact) mass is 251 g/mol. The molecule has 0 aliphatic rings. The van der Waals surface area contributed by atoms with Gasteiger partial charge in [-0.25, -0.2) is 0 Å². The number of nitrogens with one attached hydrogen (secondary N) is 1. The fraction of sp³-hybridized carbons (Fsp3) is 0.600. The van der Waals surface area contributed by atoms with E-state index in [1.54, 1.807) is 7.11 Å². The van der Waals surface area contributed by atoms with Crippen molar-refractivity contribution in [2.45, 2.75) is 26.8 Å². The lowest BCUT2D eigenvalue weighted by Crippen LogP contribution is -2.26. The minimum absolute atomic E-state index is 0.328. The van der Waals surface area contributed by atoms with Crippen molar-refractivity contribution in [2.75, 3.05) is 26.9 Å². The molecular formula is C15H25NO2. The number of hydrogen-bond acceptors (Lipinski definition) is 3. The van der Waals surface area contributed by atoms with E-state index in [-0.39, 0.29) is 0 Å². The summed E-state index contributed by atoms with van der Waals surface area (Å²) in [5.74, 6) is 1.48. The second-order valence-corrected chi connectivity index (χ2v) is 4.66. The van der Waals surface area contributed by atoms with Gasteiger partial charge in [-0.15, -0.1) is 0 Å². The van der Waals surface area contributed by atoms with Gasteiger partial charge in [0.15, 0.2) is 0 Å². The number of rotatable bonds is 8. The molecule has 0 aliphatic heterocycles. The van der Waals surface area contributed by atoms with Crippen molar-refractivity contribution >= 4 is 0 Å². The van der Waals surface area contributed by atoms with Gasteiger partial charge in [-0.1, -0.05) is 39.0 Å². The van der Waals surface area contributed by atoms with Gasteiger partial charge in [0.2, 0.25) is 0 Å². The van der Waals surface area contributed by atoms with Gasteiger partial charge < -0.3 is 14.8 Å². The van der Waals surface area contributed by atoms with Crippen LogP contribution in [0, 0.1) is 5.92 Å². The number of ether oxygens (including phenoxy) is 2. The van der Waals surface area contributed by atoms with E-state index in [1.807, 2.05) is 12.1 Å². The SMILES string of the molecule is CCNC(c1ccccc1OCCOC)C(C)C. The molecule has 0 aliphatic carbocycles. The summed E-state index contributed by atoms with van der Waals surface area (Å²) in [6.07, 6.45) is 0. The second-order valence-electron chi connectivity index (χ2n) is 4.66. The van der Waals surface area contributed by atoms with Crippen LogP contribution < -0.4 is 10.1 Å². The molecule has 1 atom stereocenters. The van der Waals surface area contributed by atoms with Crippen LogP contribution in [0.5, 0.6) is 5.75 Å². The van der Waals surface area contributed by atoms with E-state index in [9.17, 15) is 0 Å². The zero-order chi connectivity index (χ0) is 13.4. The Morgan fingerprint density at radius 3 is 2.50 bits per heavy atom. The van der Waals surface area contributed by atoms with Crippen LogP contribution in [0.4, 0.5) is 0 Å². The van der Waals surface area contributed by atoms with Crippen molar-refractivity contribution in [1.29, 1.82) is 0 Å². The summed E-state index contributed by atoms with van der Waals surface area (Å²) >= 11 is 0. The van der Waals surface area contributed by atoms with E-state index in [2.05, 4.69) is 38.2 Å². The molecule has 3 nitrogen and oxygen atoms in total. The van der Waals surface area contributed by atoms with Crippen LogP contribution in [-0.4, -0.2) is 26.9 Å². The standard InChI is InChI=1S/C15H25NO2/c1-5-16-15(12(2)3)13-8-6-7-9-14(13)18-11-10-17-4/h6-9,12,15-16H,5,10-11H2,1-4H3. The summed E-state index contributed by atoms with van der Waals surface area (Å²) in [6, 6.07) is 8.56. The highest BCUT2D eigenvalue weighted by atomic mass is 16.5. The first-order valence-electron chi connectivity index (χ1n) is 6.64. The van der Waals surface area contributed by atoms with Crippen molar-refractivity contribution in [3.63, 3.8) is 0 Å². The Morgan fingerprint density at radius 1 is 1.17 bits per heavy atom. The van der Waals surface area contributed by atoms with Gasteiger partial charge in [-0.2, -0.15) is 0 Å². The van der Waals surface area contributed by atoms with E-state index in [4.69, 9.17) is 9.47 Å². The predicted molar refractivity (Wildman–Crippen MR) is 75.1 cm³/mol. The van der Waals surface area contributed by atoms with Gasteiger partial charge in [0.05, 0.1) is 6.61 Å². The summed E-state index contributed by atoms with van der Waals surface area (Å²) in [4.78, 5) is 0. The molecular weight excluding hydrogens is 226 g/mol. The largest absolute Gasteiger partial charge is 0.491 e. The third-order valence-corrected chi connectivity index (χ3v) is 2.89. The molecule has 0 spiro atoms. The lowest BCUT2D eigenvalue weighted by molar-refractivity contribution is 0.145. The highest BCUT2D eigenvalue weighted by molar-refractivity contribution is 5.36. The molecule has 0 heterocycles. The van der Waals surface area contributed by atoms with Crippen molar-refractivity contribution in [3.8, 4) is 5.75 Å². The zero-order valence-electron chi connectivity index (χ0n) is 11.9. The van der Waals surface area contributed by atoms with Gasteiger partial charge in [-0.3, -0.25) is 0 Å². The van der Waals surface area contributed by atoms with Gasteiger partial charge in [0.25, 0.3) is 0 Å². The van der Waals surface area contributed by atoms with Gasteiger partial charge in [0.1, 0.15) is 12.4 Å². The molecule has 1 aromatic rings. The van der Waals surface area contributed by atoms with Crippen molar-refractivity contribution < 1.29 is 9.47 Å². The van der Waals surface area contributed by atoms with Crippen LogP contribution in [0.2, 0.25) is 0 Å². The Morgan fingerprint density at radius 2 is 1.89 bits per heavy atom. The maximum Gasteiger partial charge on any atom is 0.124 e. The molecule has 1 unspecified atom stereocenters. The minimum atomic E-state index is 0.328. The molecule has 0 saturated carbocycles. The van der Waals surface area contributed by atoms with E-state index in [0.29, 0.717) is 25.2 Å². The first-order valence-corrected chi connectivity index (χ1v) is 6.64. The number of para-hydroxylation sites is 1. The minimum Gasteiger partial charge on any atom is -0.491 e. The van der Waals surface area contributed by atoms with E-state index < -0.39 is 0 Å². The molecule has 1 rings (SSSR count). The highest BCUT2D eigenvalue weighted by Gasteiger charge is 2.18. The van der Waals surface area contributed by atoms with Gasteiger partial charge in [-0.05, 0) is 18.5 Å². The third-order valence-electron chi connectivity index (χ3n) is 2.89.